The maximum atomic E-state index is 12.7. The third-order valence-electron chi connectivity index (χ3n) is 6.16. The van der Waals surface area contributed by atoms with Gasteiger partial charge in [-0.15, -0.1) is 0 Å². The molecule has 1 aromatic heterocycles. The summed E-state index contributed by atoms with van der Waals surface area (Å²) in [4.78, 5) is 15.1. The monoisotopic (exact) mass is 347 g/mol. The Balaban J connectivity index is 1.54. The molecule has 2 fully saturated rings. The molecule has 140 valence electrons. The molecule has 2 N–H and O–H groups in total. The van der Waals surface area contributed by atoms with Crippen LogP contribution >= 0.6 is 0 Å². The van der Waals surface area contributed by atoms with Crippen LogP contribution in [0.2, 0.25) is 0 Å². The molecular weight excluding hydrogens is 314 g/mol. The van der Waals surface area contributed by atoms with Crippen molar-refractivity contribution in [3.63, 3.8) is 0 Å². The van der Waals surface area contributed by atoms with Gasteiger partial charge in [-0.2, -0.15) is 0 Å². The first-order valence-electron chi connectivity index (χ1n) is 9.91. The summed E-state index contributed by atoms with van der Waals surface area (Å²) in [7, 11) is 0. The molecule has 2 atom stereocenters. The number of rotatable bonds is 4. The average Bonchev–Trinajstić information content (AvgIpc) is 2.90. The number of aryl methyl sites for hydroxylation is 1. The van der Waals surface area contributed by atoms with Crippen molar-refractivity contribution in [3.8, 4) is 0 Å². The third kappa shape index (κ3) is 3.93. The molecule has 0 bridgehead atoms. The van der Waals surface area contributed by atoms with Gasteiger partial charge in [-0.1, -0.05) is 12.8 Å². The predicted molar refractivity (Wildman–Crippen MR) is 99.9 cm³/mol. The van der Waals surface area contributed by atoms with Crippen molar-refractivity contribution >= 4 is 5.91 Å². The Morgan fingerprint density at radius 2 is 1.88 bits per heavy atom. The summed E-state index contributed by atoms with van der Waals surface area (Å²) in [6.45, 7) is 9.03. The third-order valence-corrected chi connectivity index (χ3v) is 6.16. The number of aromatic nitrogens is 1. The van der Waals surface area contributed by atoms with E-state index in [0.29, 0.717) is 6.04 Å². The van der Waals surface area contributed by atoms with Gasteiger partial charge in [-0.25, -0.2) is 0 Å². The second-order valence-corrected chi connectivity index (χ2v) is 7.73. The van der Waals surface area contributed by atoms with Crippen LogP contribution in [-0.4, -0.2) is 51.8 Å². The van der Waals surface area contributed by atoms with E-state index in [-0.39, 0.29) is 18.1 Å². The van der Waals surface area contributed by atoms with Crippen molar-refractivity contribution in [3.05, 3.63) is 23.0 Å². The first kappa shape index (κ1) is 18.5. The van der Waals surface area contributed by atoms with Crippen LogP contribution in [0.15, 0.2) is 6.07 Å². The van der Waals surface area contributed by atoms with Gasteiger partial charge in [0, 0.05) is 43.1 Å². The molecule has 0 radical (unpaired) electrons. The van der Waals surface area contributed by atoms with Crippen molar-refractivity contribution in [1.29, 1.82) is 0 Å². The molecule has 1 aromatic rings. The molecule has 1 saturated carbocycles. The Bertz CT molecular complexity index is 602. The fourth-order valence-corrected chi connectivity index (χ4v) is 4.67. The van der Waals surface area contributed by atoms with E-state index in [1.165, 1.54) is 6.42 Å². The van der Waals surface area contributed by atoms with Crippen LogP contribution in [0.25, 0.3) is 0 Å². The van der Waals surface area contributed by atoms with Gasteiger partial charge in [-0.05, 0) is 52.5 Å². The fourth-order valence-electron chi connectivity index (χ4n) is 4.67. The highest BCUT2D eigenvalue weighted by Gasteiger charge is 2.32. The molecule has 0 spiro atoms. The van der Waals surface area contributed by atoms with Crippen LogP contribution in [0.3, 0.4) is 0 Å². The quantitative estimate of drug-likeness (QED) is 0.880. The predicted octanol–water partition coefficient (Wildman–Crippen LogP) is 2.62. The molecule has 1 amide bonds. The van der Waals surface area contributed by atoms with E-state index >= 15 is 0 Å². The number of aliphatic hydroxyl groups excluding tert-OH is 1. The molecule has 3 rings (SSSR count). The van der Waals surface area contributed by atoms with Crippen molar-refractivity contribution in [1.82, 2.24) is 14.8 Å². The molecule has 5 heteroatoms. The molecular formula is C20H33N3O2. The summed E-state index contributed by atoms with van der Waals surface area (Å²) in [5, 5.41) is 13.5. The van der Waals surface area contributed by atoms with Gasteiger partial charge in [0.05, 0.1) is 11.7 Å². The standard InChI is InChI=1S/C20H33N3O2/c1-4-23-14(2)13-17(15(23)3)20(25)21-16-9-11-22(12-10-16)18-7-5-6-8-19(18)24/h13,16,18-19,24H,4-12H2,1-3H3,(H,21,25). The Morgan fingerprint density at radius 3 is 2.48 bits per heavy atom. The number of carbonyl (C=O) groups is 1. The van der Waals surface area contributed by atoms with Crippen molar-refractivity contribution < 1.29 is 9.90 Å². The summed E-state index contributed by atoms with van der Waals surface area (Å²) in [6.07, 6.45) is 6.21. The van der Waals surface area contributed by atoms with Crippen molar-refractivity contribution in [2.24, 2.45) is 0 Å². The largest absolute Gasteiger partial charge is 0.391 e. The zero-order chi connectivity index (χ0) is 18.0. The normalized spacial score (nSPS) is 25.9. The van der Waals surface area contributed by atoms with E-state index in [9.17, 15) is 9.90 Å². The topological polar surface area (TPSA) is 57.5 Å². The number of likely N-dealkylation sites (tertiary alicyclic amines) is 1. The van der Waals surface area contributed by atoms with Gasteiger partial charge in [0.25, 0.3) is 5.91 Å². The minimum Gasteiger partial charge on any atom is -0.391 e. The van der Waals surface area contributed by atoms with Crippen LogP contribution < -0.4 is 5.32 Å². The zero-order valence-corrected chi connectivity index (χ0v) is 15.9. The van der Waals surface area contributed by atoms with Crippen molar-refractivity contribution in [2.45, 2.75) is 84.0 Å². The second kappa shape index (κ2) is 7.92. The van der Waals surface area contributed by atoms with Crippen LogP contribution in [0.4, 0.5) is 0 Å². The molecule has 2 unspecified atom stereocenters. The minimum absolute atomic E-state index is 0.0592. The second-order valence-electron chi connectivity index (χ2n) is 7.73. The summed E-state index contributed by atoms with van der Waals surface area (Å²) < 4.78 is 2.18. The number of hydrogen-bond acceptors (Lipinski definition) is 3. The smallest absolute Gasteiger partial charge is 0.253 e. The lowest BCUT2D eigenvalue weighted by Gasteiger charge is -2.41. The molecule has 1 aliphatic carbocycles. The number of hydrogen-bond donors (Lipinski definition) is 2. The number of piperidine rings is 1. The van der Waals surface area contributed by atoms with Crippen LogP contribution in [-0.2, 0) is 6.54 Å². The van der Waals surface area contributed by atoms with Crippen molar-refractivity contribution in [2.75, 3.05) is 13.1 Å². The molecule has 2 aliphatic rings. The van der Waals surface area contributed by atoms with Crippen LogP contribution in [0, 0.1) is 13.8 Å². The number of aliphatic hydroxyl groups is 1. The van der Waals surface area contributed by atoms with Gasteiger partial charge in [0.15, 0.2) is 0 Å². The Labute approximate surface area is 151 Å². The molecule has 25 heavy (non-hydrogen) atoms. The number of nitrogens with zero attached hydrogens (tertiary/aromatic N) is 2. The van der Waals surface area contributed by atoms with E-state index in [4.69, 9.17) is 0 Å². The van der Waals surface area contributed by atoms with E-state index in [1.807, 2.05) is 13.0 Å². The average molecular weight is 348 g/mol. The van der Waals surface area contributed by atoms with E-state index < -0.39 is 0 Å². The van der Waals surface area contributed by atoms with Crippen LogP contribution in [0.1, 0.15) is 67.2 Å². The Hall–Kier alpha value is -1.33. The zero-order valence-electron chi connectivity index (χ0n) is 15.9. The maximum absolute atomic E-state index is 12.7. The fraction of sp³-hybridized carbons (Fsp3) is 0.750. The summed E-state index contributed by atoms with van der Waals surface area (Å²) >= 11 is 0. The summed E-state index contributed by atoms with van der Waals surface area (Å²) in [5.41, 5.74) is 3.01. The number of carbonyl (C=O) groups excluding carboxylic acids is 1. The lowest BCUT2D eigenvalue weighted by molar-refractivity contribution is 0.00727. The molecule has 2 heterocycles. The first-order valence-corrected chi connectivity index (χ1v) is 9.91. The van der Waals surface area contributed by atoms with Gasteiger partial charge >= 0.3 is 0 Å². The number of nitrogens with one attached hydrogen (secondary N) is 1. The lowest BCUT2D eigenvalue weighted by Crippen LogP contribution is -2.52. The minimum atomic E-state index is -0.167. The van der Waals surface area contributed by atoms with E-state index in [2.05, 4.69) is 28.6 Å². The first-order chi connectivity index (χ1) is 12.0. The highest BCUT2D eigenvalue weighted by molar-refractivity contribution is 5.95. The highest BCUT2D eigenvalue weighted by atomic mass is 16.3. The molecule has 1 aliphatic heterocycles. The summed E-state index contributed by atoms with van der Waals surface area (Å²) in [6, 6.07) is 2.57. The van der Waals surface area contributed by atoms with Gasteiger partial charge in [0.2, 0.25) is 0 Å². The number of amides is 1. The Kier molecular flexibility index (Phi) is 5.85. The van der Waals surface area contributed by atoms with E-state index in [1.54, 1.807) is 0 Å². The molecule has 0 aromatic carbocycles. The Morgan fingerprint density at radius 1 is 1.20 bits per heavy atom. The highest BCUT2D eigenvalue weighted by Crippen LogP contribution is 2.26. The van der Waals surface area contributed by atoms with Gasteiger partial charge < -0.3 is 15.0 Å². The van der Waals surface area contributed by atoms with Gasteiger partial charge in [0.1, 0.15) is 0 Å². The van der Waals surface area contributed by atoms with Crippen LogP contribution in [0.5, 0.6) is 0 Å². The lowest BCUT2D eigenvalue weighted by atomic mass is 9.89. The van der Waals surface area contributed by atoms with Gasteiger partial charge in [-0.3, -0.25) is 9.69 Å². The summed E-state index contributed by atoms with van der Waals surface area (Å²) in [5.74, 6) is 0.0592. The molecule has 1 saturated heterocycles. The maximum Gasteiger partial charge on any atom is 0.253 e. The SMILES string of the molecule is CCn1c(C)cc(C(=O)NC2CCN(C3CCCCC3O)CC2)c1C. The van der Waals surface area contributed by atoms with E-state index in [0.717, 1.165) is 68.7 Å². The molecule has 5 nitrogen and oxygen atoms in total.